The molecule has 1 aliphatic rings. The van der Waals surface area contributed by atoms with Crippen molar-refractivity contribution < 1.29 is 4.79 Å². The van der Waals surface area contributed by atoms with Crippen LogP contribution in [0.15, 0.2) is 0 Å². The van der Waals surface area contributed by atoms with E-state index in [9.17, 15) is 4.79 Å². The molecule has 2 nitrogen and oxygen atoms in total. The minimum Gasteiger partial charge on any atom is -0.299 e. The molecule has 0 aromatic heterocycles. The molecule has 1 heterocycles. The Morgan fingerprint density at radius 2 is 1.42 bits per heavy atom. The Hall–Kier alpha value is -0.370. The van der Waals surface area contributed by atoms with Gasteiger partial charge in [-0.2, -0.15) is 0 Å². The predicted octanol–water partition coefficient (Wildman–Crippen LogP) is 5.80. The fourth-order valence-electron chi connectivity index (χ4n) is 4.86. The average molecular weight is 338 g/mol. The van der Waals surface area contributed by atoms with Gasteiger partial charge in [0.15, 0.2) is 0 Å². The second kappa shape index (κ2) is 7.48. The molecule has 1 aliphatic heterocycles. The van der Waals surface area contributed by atoms with Gasteiger partial charge in [-0.05, 0) is 63.5 Å². The molecule has 0 spiro atoms. The van der Waals surface area contributed by atoms with E-state index in [1.54, 1.807) is 0 Å². The Morgan fingerprint density at radius 3 is 1.79 bits per heavy atom. The lowest BCUT2D eigenvalue weighted by Crippen LogP contribution is -2.60. The highest BCUT2D eigenvalue weighted by atomic mass is 16.1. The Kier molecular flexibility index (Phi) is 6.75. The molecule has 0 radical (unpaired) electrons. The normalized spacial score (nSPS) is 19.3. The van der Waals surface area contributed by atoms with E-state index in [4.69, 9.17) is 0 Å². The number of carbonyl (C=O) groups is 1. The maximum atomic E-state index is 12.8. The Labute approximate surface area is 151 Å². The number of likely N-dealkylation sites (tertiary alicyclic amines) is 1. The van der Waals surface area contributed by atoms with Crippen molar-refractivity contribution in [2.75, 3.05) is 13.1 Å². The maximum Gasteiger partial charge on any atom is 0.142 e. The number of piperidine rings is 1. The van der Waals surface area contributed by atoms with E-state index in [1.807, 2.05) is 13.8 Å². The van der Waals surface area contributed by atoms with Crippen molar-refractivity contribution in [1.29, 1.82) is 0 Å². The lowest BCUT2D eigenvalue weighted by atomic mass is 9.65. The van der Waals surface area contributed by atoms with Gasteiger partial charge >= 0.3 is 0 Å². The van der Waals surface area contributed by atoms with Crippen LogP contribution in [0.1, 0.15) is 88.5 Å². The van der Waals surface area contributed by atoms with Crippen molar-refractivity contribution in [3.63, 3.8) is 0 Å². The van der Waals surface area contributed by atoms with Crippen LogP contribution in [0.4, 0.5) is 0 Å². The van der Waals surface area contributed by atoms with Crippen LogP contribution in [0.3, 0.4) is 0 Å². The molecule has 0 aromatic rings. The number of Topliss-reactive ketones (excluding diaryl/α,β-unsaturated/α-hetero) is 1. The molecule has 0 saturated carbocycles. The molecule has 142 valence electrons. The fourth-order valence-corrected chi connectivity index (χ4v) is 4.86. The van der Waals surface area contributed by atoms with E-state index in [1.165, 1.54) is 19.3 Å². The van der Waals surface area contributed by atoms with E-state index in [-0.39, 0.29) is 16.9 Å². The van der Waals surface area contributed by atoms with Crippen molar-refractivity contribution in [2.24, 2.45) is 28.6 Å². The third-order valence-electron chi connectivity index (χ3n) is 6.99. The quantitative estimate of drug-likeness (QED) is 0.585. The van der Waals surface area contributed by atoms with Crippen LogP contribution < -0.4 is 0 Å². The molecule has 24 heavy (non-hydrogen) atoms. The lowest BCUT2D eigenvalue weighted by molar-refractivity contribution is -0.139. The van der Waals surface area contributed by atoms with Crippen LogP contribution in [-0.4, -0.2) is 29.3 Å². The summed E-state index contributed by atoms with van der Waals surface area (Å²) in [6.07, 6.45) is 3.82. The van der Waals surface area contributed by atoms with Crippen molar-refractivity contribution in [2.45, 2.75) is 94.0 Å². The molecule has 0 aliphatic carbocycles. The third kappa shape index (κ3) is 4.42. The van der Waals surface area contributed by atoms with Crippen LogP contribution in [0.2, 0.25) is 0 Å². The molecule has 0 bridgehead atoms. The number of ketones is 1. The number of carbonyl (C=O) groups excluding carboxylic acids is 1. The van der Waals surface area contributed by atoms with Crippen molar-refractivity contribution in [3.05, 3.63) is 0 Å². The summed E-state index contributed by atoms with van der Waals surface area (Å²) >= 11 is 0. The van der Waals surface area contributed by atoms with Crippen LogP contribution in [0.25, 0.3) is 0 Å². The van der Waals surface area contributed by atoms with Crippen LogP contribution in [-0.2, 0) is 4.79 Å². The molecule has 0 N–H and O–H groups in total. The highest BCUT2D eigenvalue weighted by Gasteiger charge is 2.48. The van der Waals surface area contributed by atoms with Gasteiger partial charge in [0.1, 0.15) is 5.78 Å². The molecular weight excluding hydrogens is 294 g/mol. The predicted molar refractivity (Wildman–Crippen MR) is 105 cm³/mol. The zero-order chi connectivity index (χ0) is 18.9. The molecule has 0 amide bonds. The van der Waals surface area contributed by atoms with Crippen LogP contribution in [0, 0.1) is 28.6 Å². The summed E-state index contributed by atoms with van der Waals surface area (Å²) in [5.74, 6) is 2.05. The van der Waals surface area contributed by atoms with E-state index in [2.05, 4.69) is 60.3 Å². The first kappa shape index (κ1) is 21.7. The largest absolute Gasteiger partial charge is 0.299 e. The summed E-state index contributed by atoms with van der Waals surface area (Å²) < 4.78 is 0. The zero-order valence-electron chi connectivity index (χ0n) is 18.1. The summed E-state index contributed by atoms with van der Waals surface area (Å²) in [5.41, 5.74) is 0.0106. The number of rotatable bonds is 7. The number of hydrogen-bond acceptors (Lipinski definition) is 2. The van der Waals surface area contributed by atoms with Crippen molar-refractivity contribution in [3.8, 4) is 0 Å². The van der Waals surface area contributed by atoms with Crippen molar-refractivity contribution in [1.82, 2.24) is 4.90 Å². The first-order valence-electron chi connectivity index (χ1n) is 10.0. The van der Waals surface area contributed by atoms with Gasteiger partial charge in [0.2, 0.25) is 0 Å². The summed E-state index contributed by atoms with van der Waals surface area (Å²) in [5, 5.41) is 0. The van der Waals surface area contributed by atoms with Crippen LogP contribution in [0.5, 0.6) is 0 Å². The number of hydrogen-bond donors (Lipinski definition) is 0. The topological polar surface area (TPSA) is 20.3 Å². The summed E-state index contributed by atoms with van der Waals surface area (Å²) in [6.45, 7) is 24.7. The van der Waals surface area contributed by atoms with Gasteiger partial charge in [0, 0.05) is 16.9 Å². The second-order valence-corrected chi connectivity index (χ2v) is 10.6. The Morgan fingerprint density at radius 1 is 0.958 bits per heavy atom. The molecule has 1 rings (SSSR count). The van der Waals surface area contributed by atoms with Gasteiger partial charge in [-0.15, -0.1) is 0 Å². The number of nitrogens with zero attached hydrogens (tertiary/aromatic N) is 1. The minimum absolute atomic E-state index is 0.0957. The van der Waals surface area contributed by atoms with Gasteiger partial charge < -0.3 is 0 Å². The summed E-state index contributed by atoms with van der Waals surface area (Å²) in [7, 11) is 0. The average Bonchev–Trinajstić information content (AvgIpc) is 2.44. The molecule has 2 heteroatoms. The van der Waals surface area contributed by atoms with Crippen LogP contribution >= 0.6 is 0 Å². The van der Waals surface area contributed by atoms with Gasteiger partial charge in [-0.3, -0.25) is 9.69 Å². The molecule has 0 aromatic carbocycles. The van der Waals surface area contributed by atoms with Gasteiger partial charge in [0.25, 0.3) is 0 Å². The van der Waals surface area contributed by atoms with Gasteiger partial charge in [-0.25, -0.2) is 0 Å². The van der Waals surface area contributed by atoms with Gasteiger partial charge in [0.05, 0.1) is 0 Å². The monoisotopic (exact) mass is 337 g/mol. The zero-order valence-corrected chi connectivity index (χ0v) is 18.1. The molecule has 1 saturated heterocycles. The fraction of sp³-hybridized carbons (Fsp3) is 0.955. The van der Waals surface area contributed by atoms with Gasteiger partial charge in [-0.1, -0.05) is 55.4 Å². The standard InChI is InChI=1S/C22H43NO/c1-16(2)15-20(5,6)18-11-13-23(14-12-18)22(9,10)21(7,8)19(24)17(3)4/h16-18H,11-15H2,1-10H3. The molecule has 1 fully saturated rings. The smallest absolute Gasteiger partial charge is 0.142 e. The Bertz CT molecular complexity index is 423. The second-order valence-electron chi connectivity index (χ2n) is 10.6. The summed E-state index contributed by atoms with van der Waals surface area (Å²) in [4.78, 5) is 15.4. The lowest BCUT2D eigenvalue weighted by Gasteiger charge is -2.53. The maximum absolute atomic E-state index is 12.8. The minimum atomic E-state index is -0.318. The van der Waals surface area contributed by atoms with E-state index >= 15 is 0 Å². The van der Waals surface area contributed by atoms with E-state index < -0.39 is 0 Å². The first-order valence-corrected chi connectivity index (χ1v) is 10.0. The molecular formula is C22H43NO. The van der Waals surface area contributed by atoms with Crippen molar-refractivity contribution >= 4 is 5.78 Å². The third-order valence-corrected chi connectivity index (χ3v) is 6.99. The first-order chi connectivity index (χ1) is 10.7. The summed E-state index contributed by atoms with van der Waals surface area (Å²) in [6, 6.07) is 0. The van der Waals surface area contributed by atoms with E-state index in [0.717, 1.165) is 24.9 Å². The highest BCUT2D eigenvalue weighted by Crippen LogP contribution is 2.44. The highest BCUT2D eigenvalue weighted by molar-refractivity contribution is 5.87. The molecule has 0 unspecified atom stereocenters. The van der Waals surface area contributed by atoms with E-state index in [0.29, 0.717) is 11.2 Å². The SMILES string of the molecule is CC(C)CC(C)(C)C1CCN(C(C)(C)C(C)(C)C(=O)C(C)C)CC1. The Balaban J connectivity index is 2.81. The molecule has 0 atom stereocenters.